The SMILES string of the molecule is COC1(CCN2C(=O)c3ccccc3C2=O)C=CC2=NC(C(C)C(=O)O)=CC2=C1. The van der Waals surface area contributed by atoms with Crippen LogP contribution in [0.1, 0.15) is 34.1 Å². The molecule has 2 heterocycles. The first-order chi connectivity index (χ1) is 13.8. The number of aliphatic carboxylic acids is 1. The van der Waals surface area contributed by atoms with Crippen LogP contribution >= 0.6 is 0 Å². The highest BCUT2D eigenvalue weighted by atomic mass is 16.5. The summed E-state index contributed by atoms with van der Waals surface area (Å²) >= 11 is 0. The zero-order valence-electron chi connectivity index (χ0n) is 16.1. The number of benzene rings is 1. The molecule has 0 radical (unpaired) electrons. The van der Waals surface area contributed by atoms with Crippen LogP contribution in [-0.2, 0) is 9.53 Å². The topological polar surface area (TPSA) is 96.3 Å². The second kappa shape index (κ2) is 6.93. The van der Waals surface area contributed by atoms with Crippen LogP contribution in [0.15, 0.2) is 64.8 Å². The molecule has 1 aromatic rings. The van der Waals surface area contributed by atoms with Gasteiger partial charge in [-0.1, -0.05) is 12.1 Å². The molecule has 0 fully saturated rings. The molecule has 1 N–H and O–H groups in total. The normalized spacial score (nSPS) is 23.4. The summed E-state index contributed by atoms with van der Waals surface area (Å²) in [4.78, 5) is 42.0. The molecule has 0 aromatic heterocycles. The van der Waals surface area contributed by atoms with Crippen LogP contribution in [0.3, 0.4) is 0 Å². The number of nitrogens with zero attached hydrogens (tertiary/aromatic N) is 2. The lowest BCUT2D eigenvalue weighted by atomic mass is 9.89. The molecule has 2 unspecified atom stereocenters. The van der Waals surface area contributed by atoms with Gasteiger partial charge in [0.05, 0.1) is 28.5 Å². The Morgan fingerprint density at radius 1 is 1.24 bits per heavy atom. The number of carboxylic acid groups (broad SMARTS) is 1. The molecule has 2 aliphatic heterocycles. The molecule has 3 aliphatic rings. The number of imide groups is 1. The van der Waals surface area contributed by atoms with Crippen molar-refractivity contribution in [2.45, 2.75) is 18.9 Å². The Balaban J connectivity index is 1.54. The molecule has 0 spiro atoms. The van der Waals surface area contributed by atoms with Gasteiger partial charge in [0.15, 0.2) is 0 Å². The number of ether oxygens (including phenoxy) is 1. The fourth-order valence-electron chi connectivity index (χ4n) is 3.71. The molecule has 0 bridgehead atoms. The van der Waals surface area contributed by atoms with E-state index >= 15 is 0 Å². The Morgan fingerprint density at radius 3 is 2.48 bits per heavy atom. The van der Waals surface area contributed by atoms with Crippen LogP contribution in [0.25, 0.3) is 0 Å². The molecule has 2 amide bonds. The molecule has 29 heavy (non-hydrogen) atoms. The van der Waals surface area contributed by atoms with Crippen molar-refractivity contribution in [1.82, 2.24) is 4.90 Å². The molecule has 0 saturated carbocycles. The lowest BCUT2D eigenvalue weighted by Crippen LogP contribution is -2.38. The zero-order valence-corrected chi connectivity index (χ0v) is 16.1. The highest BCUT2D eigenvalue weighted by molar-refractivity contribution is 6.21. The van der Waals surface area contributed by atoms with E-state index in [0.717, 1.165) is 5.57 Å². The number of aliphatic imine (C=N–C) groups is 1. The molecule has 1 aromatic carbocycles. The summed E-state index contributed by atoms with van der Waals surface area (Å²) in [6, 6.07) is 6.78. The molecule has 148 valence electrons. The van der Waals surface area contributed by atoms with E-state index in [9.17, 15) is 19.5 Å². The lowest BCUT2D eigenvalue weighted by Gasteiger charge is -2.30. The van der Waals surface area contributed by atoms with Crippen LogP contribution in [0.4, 0.5) is 0 Å². The fraction of sp³-hybridized carbons (Fsp3) is 0.273. The highest BCUT2D eigenvalue weighted by Gasteiger charge is 2.38. The molecule has 0 saturated heterocycles. The van der Waals surface area contributed by atoms with Crippen molar-refractivity contribution in [3.63, 3.8) is 0 Å². The third-order valence-electron chi connectivity index (χ3n) is 5.57. The third kappa shape index (κ3) is 3.13. The smallest absolute Gasteiger partial charge is 0.312 e. The number of hydrogen-bond donors (Lipinski definition) is 1. The van der Waals surface area contributed by atoms with Gasteiger partial charge in [-0.05, 0) is 43.4 Å². The monoisotopic (exact) mass is 392 g/mol. The average Bonchev–Trinajstić information content (AvgIpc) is 3.25. The van der Waals surface area contributed by atoms with Crippen molar-refractivity contribution in [3.8, 4) is 0 Å². The maximum atomic E-state index is 12.6. The van der Waals surface area contributed by atoms with E-state index in [0.29, 0.717) is 29.0 Å². The van der Waals surface area contributed by atoms with Crippen LogP contribution in [0.2, 0.25) is 0 Å². The van der Waals surface area contributed by atoms with Crippen LogP contribution < -0.4 is 0 Å². The van der Waals surface area contributed by atoms with E-state index in [2.05, 4.69) is 4.99 Å². The highest BCUT2D eigenvalue weighted by Crippen LogP contribution is 2.33. The molecule has 7 heteroatoms. The van der Waals surface area contributed by atoms with Crippen molar-refractivity contribution >= 4 is 23.5 Å². The summed E-state index contributed by atoms with van der Waals surface area (Å²) in [5.41, 5.74) is 1.96. The number of amides is 2. The molecule has 2 atom stereocenters. The van der Waals surface area contributed by atoms with E-state index in [4.69, 9.17) is 4.74 Å². The Morgan fingerprint density at radius 2 is 1.90 bits per heavy atom. The number of carbonyl (C=O) groups excluding carboxylic acids is 2. The Labute approximate surface area is 167 Å². The Hall–Kier alpha value is -3.32. The number of hydrogen-bond acceptors (Lipinski definition) is 5. The Kier molecular flexibility index (Phi) is 4.55. The fourth-order valence-corrected chi connectivity index (χ4v) is 3.71. The maximum absolute atomic E-state index is 12.6. The van der Waals surface area contributed by atoms with Gasteiger partial charge in [0, 0.05) is 25.6 Å². The molecule has 7 nitrogen and oxygen atoms in total. The van der Waals surface area contributed by atoms with E-state index in [1.165, 1.54) is 4.90 Å². The van der Waals surface area contributed by atoms with Crippen LogP contribution in [-0.4, -0.2) is 52.8 Å². The number of carbonyl (C=O) groups is 3. The van der Waals surface area contributed by atoms with Gasteiger partial charge in [0.2, 0.25) is 0 Å². The van der Waals surface area contributed by atoms with Gasteiger partial charge in [-0.2, -0.15) is 0 Å². The first-order valence-electron chi connectivity index (χ1n) is 9.31. The molecular formula is C22H20N2O5. The number of methoxy groups -OCH3 is 1. The lowest BCUT2D eigenvalue weighted by molar-refractivity contribution is -0.139. The predicted molar refractivity (Wildman–Crippen MR) is 106 cm³/mol. The molecule has 4 rings (SSSR count). The van der Waals surface area contributed by atoms with Gasteiger partial charge >= 0.3 is 5.97 Å². The van der Waals surface area contributed by atoms with Gasteiger partial charge in [-0.15, -0.1) is 0 Å². The largest absolute Gasteiger partial charge is 0.481 e. The van der Waals surface area contributed by atoms with E-state index in [-0.39, 0.29) is 18.4 Å². The van der Waals surface area contributed by atoms with Crippen LogP contribution in [0.5, 0.6) is 0 Å². The quantitative estimate of drug-likeness (QED) is 0.751. The standard InChI is InChI=1S/C22H20N2O5/c1-13(21(27)28)18-11-14-12-22(29-2,8-7-17(14)23-18)9-10-24-19(25)15-5-3-4-6-16(15)20(24)26/h3-8,11-13H,9-10H2,1-2H3,(H,27,28). The Bertz CT molecular complexity index is 1010. The van der Waals surface area contributed by atoms with Crippen LogP contribution in [0, 0.1) is 5.92 Å². The number of allylic oxidation sites excluding steroid dienone is 3. The second-order valence-corrected chi connectivity index (χ2v) is 7.28. The van der Waals surface area contributed by atoms with Gasteiger partial charge in [0.25, 0.3) is 11.8 Å². The summed E-state index contributed by atoms with van der Waals surface area (Å²) < 4.78 is 5.72. The van der Waals surface area contributed by atoms with Gasteiger partial charge < -0.3 is 9.84 Å². The summed E-state index contributed by atoms with van der Waals surface area (Å²) in [5, 5.41) is 9.21. The van der Waals surface area contributed by atoms with Crippen molar-refractivity contribution in [2.75, 3.05) is 13.7 Å². The van der Waals surface area contributed by atoms with E-state index in [1.807, 2.05) is 12.2 Å². The molecule has 1 aliphatic carbocycles. The summed E-state index contributed by atoms with van der Waals surface area (Å²) in [7, 11) is 1.56. The third-order valence-corrected chi connectivity index (χ3v) is 5.57. The number of rotatable bonds is 6. The van der Waals surface area contributed by atoms with Gasteiger partial charge in [-0.25, -0.2) is 0 Å². The van der Waals surface area contributed by atoms with Crippen molar-refractivity contribution < 1.29 is 24.2 Å². The minimum Gasteiger partial charge on any atom is -0.481 e. The number of carboxylic acids is 1. The minimum absolute atomic E-state index is 0.197. The van der Waals surface area contributed by atoms with E-state index in [1.54, 1.807) is 50.5 Å². The van der Waals surface area contributed by atoms with Gasteiger partial charge in [-0.3, -0.25) is 24.3 Å². The second-order valence-electron chi connectivity index (χ2n) is 7.28. The first kappa shape index (κ1) is 19.0. The van der Waals surface area contributed by atoms with E-state index < -0.39 is 17.5 Å². The summed E-state index contributed by atoms with van der Waals surface area (Å²) in [5.74, 6) is -2.25. The minimum atomic E-state index is -0.938. The first-order valence-corrected chi connectivity index (χ1v) is 9.31. The van der Waals surface area contributed by atoms with Crippen molar-refractivity contribution in [1.29, 1.82) is 0 Å². The maximum Gasteiger partial charge on any atom is 0.312 e. The number of fused-ring (bicyclic) bond motifs is 2. The summed E-state index contributed by atoms with van der Waals surface area (Å²) in [6.45, 7) is 1.79. The average molecular weight is 392 g/mol. The predicted octanol–water partition coefficient (Wildman–Crippen LogP) is 2.61. The molecular weight excluding hydrogens is 372 g/mol. The van der Waals surface area contributed by atoms with Crippen molar-refractivity contribution in [3.05, 3.63) is 71.0 Å². The van der Waals surface area contributed by atoms with Crippen molar-refractivity contribution in [2.24, 2.45) is 10.9 Å². The summed E-state index contributed by atoms with van der Waals surface area (Å²) in [6.07, 6.45) is 7.61. The zero-order chi connectivity index (χ0) is 20.8. The van der Waals surface area contributed by atoms with Gasteiger partial charge in [0.1, 0.15) is 5.60 Å².